The van der Waals surface area contributed by atoms with E-state index in [9.17, 15) is 27.7 Å². The van der Waals surface area contributed by atoms with Gasteiger partial charge in [-0.1, -0.05) is 12.1 Å². The molecule has 4 rings (SSSR count). The summed E-state index contributed by atoms with van der Waals surface area (Å²) in [5, 5.41) is 11.4. The molecular formula is C22H15F3N4O3S. The highest BCUT2D eigenvalue weighted by Gasteiger charge is 2.59. The van der Waals surface area contributed by atoms with E-state index in [0.717, 1.165) is 23.5 Å². The third kappa shape index (κ3) is 3.66. The Labute approximate surface area is 191 Å². The Morgan fingerprint density at radius 3 is 2.30 bits per heavy atom. The van der Waals surface area contributed by atoms with E-state index in [2.05, 4.69) is 5.18 Å². The molecule has 0 unspecified atom stereocenters. The van der Waals surface area contributed by atoms with Crippen LogP contribution in [-0.2, 0) is 22.2 Å². The topological polar surface area (TPSA) is 93.8 Å². The van der Waals surface area contributed by atoms with Crippen molar-refractivity contribution in [2.75, 3.05) is 9.80 Å². The van der Waals surface area contributed by atoms with Gasteiger partial charge in [-0.3, -0.25) is 14.5 Å². The van der Waals surface area contributed by atoms with Crippen molar-refractivity contribution in [3.8, 4) is 6.07 Å². The monoisotopic (exact) mass is 472 g/mol. The number of nitrogens with zero attached hydrogens (tertiary/aromatic N) is 4. The lowest BCUT2D eigenvalue weighted by molar-refractivity contribution is -0.137. The average Bonchev–Trinajstić information content (AvgIpc) is 3.00. The normalized spacial score (nSPS) is 17.2. The summed E-state index contributed by atoms with van der Waals surface area (Å²) in [6.45, 7) is 0. The third-order valence-electron chi connectivity index (χ3n) is 5.93. The smallest absolute Gasteiger partial charge is 0.303 e. The number of hydrogen-bond acceptors (Lipinski definition) is 5. The number of anilines is 2. The third-order valence-corrected chi connectivity index (χ3v) is 6.30. The van der Waals surface area contributed by atoms with Crippen molar-refractivity contribution in [1.29, 1.82) is 5.26 Å². The molecule has 2 amide bonds. The van der Waals surface area contributed by atoms with Gasteiger partial charge >= 0.3 is 6.18 Å². The average molecular weight is 472 g/mol. The van der Waals surface area contributed by atoms with Crippen molar-refractivity contribution >= 4 is 40.5 Å². The quantitative estimate of drug-likeness (QED) is 0.481. The minimum Gasteiger partial charge on any atom is -0.303 e. The van der Waals surface area contributed by atoms with Crippen LogP contribution in [0.2, 0.25) is 0 Å². The molecule has 1 aliphatic carbocycles. The van der Waals surface area contributed by atoms with Crippen LogP contribution < -0.4 is 9.80 Å². The molecule has 0 radical (unpaired) electrons. The van der Waals surface area contributed by atoms with Crippen LogP contribution in [0.3, 0.4) is 0 Å². The molecule has 1 heterocycles. The number of hydrogen-bond donors (Lipinski definition) is 0. The summed E-state index contributed by atoms with van der Waals surface area (Å²) < 4.78 is 40.4. The first kappa shape index (κ1) is 22.5. The van der Waals surface area contributed by atoms with Crippen molar-refractivity contribution in [3.63, 3.8) is 0 Å². The highest BCUT2D eigenvalue weighted by Crippen LogP contribution is 2.48. The maximum atomic E-state index is 13.5. The van der Waals surface area contributed by atoms with Gasteiger partial charge in [0.25, 0.3) is 11.8 Å². The summed E-state index contributed by atoms with van der Waals surface area (Å²) in [7, 11) is 0. The molecule has 0 bridgehead atoms. The highest BCUT2D eigenvalue weighted by molar-refractivity contribution is 7.81. The van der Waals surface area contributed by atoms with Crippen LogP contribution in [0.5, 0.6) is 0 Å². The van der Waals surface area contributed by atoms with Crippen molar-refractivity contribution in [2.24, 2.45) is 5.18 Å². The van der Waals surface area contributed by atoms with E-state index in [0.29, 0.717) is 24.1 Å². The fourth-order valence-corrected chi connectivity index (χ4v) is 4.65. The predicted molar refractivity (Wildman–Crippen MR) is 116 cm³/mol. The van der Waals surface area contributed by atoms with Crippen molar-refractivity contribution < 1.29 is 22.8 Å². The van der Waals surface area contributed by atoms with Crippen LogP contribution in [0.25, 0.3) is 0 Å². The maximum Gasteiger partial charge on any atom is 0.417 e. The molecule has 1 saturated carbocycles. The van der Waals surface area contributed by atoms with Gasteiger partial charge < -0.3 is 4.90 Å². The summed E-state index contributed by atoms with van der Waals surface area (Å²) in [6, 6.07) is 11.1. The molecule has 1 aliphatic heterocycles. The number of nitroso groups, excluding NO2 is 1. The van der Waals surface area contributed by atoms with Gasteiger partial charge in [-0.25, -0.2) is 0 Å². The second-order valence-electron chi connectivity index (χ2n) is 7.81. The summed E-state index contributed by atoms with van der Waals surface area (Å²) in [4.78, 5) is 37.7. The van der Waals surface area contributed by atoms with Crippen molar-refractivity contribution in [3.05, 3.63) is 64.1 Å². The van der Waals surface area contributed by atoms with Gasteiger partial charge in [0, 0.05) is 10.9 Å². The fourth-order valence-electron chi connectivity index (χ4n) is 4.18. The number of carbonyl (C=O) groups excluding carboxylic acids is 2. The molecule has 7 nitrogen and oxygen atoms in total. The second kappa shape index (κ2) is 8.04. The van der Waals surface area contributed by atoms with Gasteiger partial charge in [-0.2, -0.15) is 18.4 Å². The number of alkyl halides is 3. The number of nitriles is 1. The SMILES string of the molecule is N#Cc1ccc(N2C(=O)C3(CCC3)N(c3ccc(CC(=O)N=O)cc3)C2=S)cc1C(F)(F)F. The minimum atomic E-state index is -4.77. The molecule has 168 valence electrons. The molecule has 11 heteroatoms. The van der Waals surface area contributed by atoms with E-state index in [1.165, 1.54) is 12.1 Å². The Kier molecular flexibility index (Phi) is 5.49. The zero-order valence-electron chi connectivity index (χ0n) is 16.9. The molecule has 1 saturated heterocycles. The van der Waals surface area contributed by atoms with Gasteiger partial charge in [0.15, 0.2) is 5.11 Å². The zero-order chi connectivity index (χ0) is 24.0. The first-order chi connectivity index (χ1) is 15.6. The molecule has 0 aromatic heterocycles. The maximum absolute atomic E-state index is 13.5. The summed E-state index contributed by atoms with van der Waals surface area (Å²) in [6.07, 6.45) is -3.25. The number of thiocarbonyl (C=S) groups is 1. The number of rotatable bonds is 4. The zero-order valence-corrected chi connectivity index (χ0v) is 17.7. The van der Waals surface area contributed by atoms with Gasteiger partial charge in [0.2, 0.25) is 0 Å². The van der Waals surface area contributed by atoms with Crippen LogP contribution in [0.15, 0.2) is 47.6 Å². The number of benzene rings is 2. The Hall–Kier alpha value is -3.65. The standard InChI is InChI=1S/C22H15F3N4O3S/c23-22(24,25)17-11-16(7-4-14(17)12-26)28-19(31)21(8-1-9-21)29(20(28)33)15-5-2-13(3-6-15)10-18(30)27-32/h2-7,11H,1,8-10H2. The molecule has 2 fully saturated rings. The summed E-state index contributed by atoms with van der Waals surface area (Å²) in [5.41, 5.74) is -1.68. The van der Waals surface area contributed by atoms with Gasteiger partial charge in [-0.15, -0.1) is 4.91 Å². The van der Waals surface area contributed by atoms with Gasteiger partial charge in [0.1, 0.15) is 5.54 Å². The van der Waals surface area contributed by atoms with Crippen molar-refractivity contribution in [2.45, 2.75) is 37.4 Å². The van der Waals surface area contributed by atoms with Crippen LogP contribution in [0.1, 0.15) is 36.0 Å². The Morgan fingerprint density at radius 2 is 1.79 bits per heavy atom. The molecule has 2 aromatic carbocycles. The Morgan fingerprint density at radius 1 is 1.15 bits per heavy atom. The largest absolute Gasteiger partial charge is 0.417 e. The lowest BCUT2D eigenvalue weighted by Gasteiger charge is -2.43. The van der Waals surface area contributed by atoms with E-state index in [4.69, 9.17) is 17.5 Å². The molecule has 0 atom stereocenters. The van der Waals surface area contributed by atoms with Crippen LogP contribution in [0, 0.1) is 16.2 Å². The first-order valence-corrected chi connectivity index (χ1v) is 10.3. The van der Waals surface area contributed by atoms with E-state index in [1.807, 2.05) is 0 Å². The number of halogens is 3. The van der Waals surface area contributed by atoms with E-state index >= 15 is 0 Å². The molecule has 1 spiro atoms. The second-order valence-corrected chi connectivity index (χ2v) is 8.18. The van der Waals surface area contributed by atoms with Gasteiger partial charge in [-0.05, 0) is 67.4 Å². The number of carbonyl (C=O) groups is 2. The fraction of sp³-hybridized carbons (Fsp3) is 0.273. The molecule has 0 N–H and O–H groups in total. The predicted octanol–water partition coefficient (Wildman–Crippen LogP) is 4.47. The molecule has 2 aromatic rings. The van der Waals surface area contributed by atoms with E-state index in [-0.39, 0.29) is 17.2 Å². The summed E-state index contributed by atoms with van der Waals surface area (Å²) in [5.74, 6) is -1.25. The molecule has 33 heavy (non-hydrogen) atoms. The molecular weight excluding hydrogens is 457 g/mol. The lowest BCUT2D eigenvalue weighted by Crippen LogP contribution is -2.55. The van der Waals surface area contributed by atoms with Crippen LogP contribution in [-0.4, -0.2) is 22.5 Å². The molecule has 2 aliphatic rings. The Bertz CT molecular complexity index is 1220. The van der Waals surface area contributed by atoms with E-state index in [1.54, 1.807) is 29.2 Å². The van der Waals surface area contributed by atoms with Gasteiger partial charge in [0.05, 0.1) is 29.3 Å². The minimum absolute atomic E-state index is 0.0240. The summed E-state index contributed by atoms with van der Waals surface area (Å²) >= 11 is 5.55. The first-order valence-electron chi connectivity index (χ1n) is 9.87. The van der Waals surface area contributed by atoms with Crippen LogP contribution in [0.4, 0.5) is 24.5 Å². The highest BCUT2D eigenvalue weighted by atomic mass is 32.1. The van der Waals surface area contributed by atoms with E-state index < -0.39 is 34.7 Å². The Balaban J connectivity index is 1.74. The number of amides is 2. The lowest BCUT2D eigenvalue weighted by atomic mass is 9.75. The van der Waals surface area contributed by atoms with Crippen molar-refractivity contribution in [1.82, 2.24) is 0 Å². The van der Waals surface area contributed by atoms with Crippen LogP contribution >= 0.6 is 12.2 Å².